The van der Waals surface area contributed by atoms with Crippen molar-refractivity contribution in [3.63, 3.8) is 0 Å². The molecule has 0 saturated carbocycles. The predicted octanol–water partition coefficient (Wildman–Crippen LogP) is 3.79. The van der Waals surface area contributed by atoms with Crippen molar-refractivity contribution in [1.29, 1.82) is 0 Å². The van der Waals surface area contributed by atoms with E-state index in [2.05, 4.69) is 17.4 Å². The van der Waals surface area contributed by atoms with Gasteiger partial charge >= 0.3 is 12.1 Å². The highest BCUT2D eigenvalue weighted by atomic mass is 16.5. The van der Waals surface area contributed by atoms with Crippen LogP contribution in [0.1, 0.15) is 50.2 Å². The van der Waals surface area contributed by atoms with E-state index in [1.54, 1.807) is 0 Å². The summed E-state index contributed by atoms with van der Waals surface area (Å²) < 4.78 is 11.1. The molecular weight excluding hydrogens is 448 g/mol. The molecule has 2 aromatic carbocycles. The molecule has 1 aliphatic carbocycles. The van der Waals surface area contributed by atoms with Gasteiger partial charge in [-0.25, -0.2) is 4.79 Å². The van der Waals surface area contributed by atoms with Crippen molar-refractivity contribution >= 4 is 18.0 Å². The molecule has 2 aromatic rings. The van der Waals surface area contributed by atoms with Crippen LogP contribution in [0.3, 0.4) is 0 Å². The molecule has 8 heteroatoms. The Morgan fingerprint density at radius 1 is 1.06 bits per heavy atom. The Labute approximate surface area is 205 Å². The number of ether oxygens (including phenoxy) is 2. The molecule has 0 bridgehead atoms. The molecular formula is C27H32N2O6. The summed E-state index contributed by atoms with van der Waals surface area (Å²) in [6.07, 6.45) is -0.167. The molecule has 4 rings (SSSR count). The first-order valence-corrected chi connectivity index (χ1v) is 12.1. The van der Waals surface area contributed by atoms with E-state index in [4.69, 9.17) is 9.47 Å². The highest BCUT2D eigenvalue weighted by Gasteiger charge is 2.43. The number of carbonyl (C=O) groups excluding carboxylic acids is 2. The molecule has 2 N–H and O–H groups in total. The third-order valence-electron chi connectivity index (χ3n) is 7.20. The Morgan fingerprint density at radius 2 is 1.66 bits per heavy atom. The number of nitrogens with one attached hydrogen (secondary N) is 1. The van der Waals surface area contributed by atoms with Crippen molar-refractivity contribution in [2.75, 3.05) is 26.4 Å². The molecule has 0 aromatic heterocycles. The van der Waals surface area contributed by atoms with Crippen LogP contribution < -0.4 is 5.32 Å². The molecule has 186 valence electrons. The molecule has 1 saturated heterocycles. The fraction of sp³-hybridized carbons (Fsp3) is 0.444. The van der Waals surface area contributed by atoms with Crippen LogP contribution in [0.4, 0.5) is 4.79 Å². The Balaban J connectivity index is 1.47. The van der Waals surface area contributed by atoms with Gasteiger partial charge in [0.25, 0.3) is 0 Å². The first-order chi connectivity index (χ1) is 16.9. The van der Waals surface area contributed by atoms with Crippen LogP contribution in [0.2, 0.25) is 0 Å². The summed E-state index contributed by atoms with van der Waals surface area (Å²) in [5, 5.41) is 12.1. The van der Waals surface area contributed by atoms with E-state index in [1.807, 2.05) is 50.2 Å². The maximum absolute atomic E-state index is 13.6. The smallest absolute Gasteiger partial charge is 0.408 e. The second-order valence-electron chi connectivity index (χ2n) is 9.06. The fourth-order valence-electron chi connectivity index (χ4n) is 5.18. The van der Waals surface area contributed by atoms with Gasteiger partial charge in [0.05, 0.1) is 25.7 Å². The summed E-state index contributed by atoms with van der Waals surface area (Å²) >= 11 is 0. The molecule has 1 fully saturated rings. The molecule has 1 atom stereocenters. The van der Waals surface area contributed by atoms with Crippen LogP contribution in [0.5, 0.6) is 0 Å². The number of hydrogen-bond donors (Lipinski definition) is 2. The van der Waals surface area contributed by atoms with Crippen LogP contribution in [0, 0.1) is 0 Å². The van der Waals surface area contributed by atoms with Gasteiger partial charge < -0.3 is 24.8 Å². The fourth-order valence-corrected chi connectivity index (χ4v) is 5.18. The number of fused-ring (bicyclic) bond motifs is 3. The van der Waals surface area contributed by atoms with Crippen LogP contribution in [0.25, 0.3) is 11.1 Å². The van der Waals surface area contributed by atoms with E-state index in [9.17, 15) is 19.5 Å². The summed E-state index contributed by atoms with van der Waals surface area (Å²) in [4.78, 5) is 39.4. The summed E-state index contributed by atoms with van der Waals surface area (Å²) in [5.41, 5.74) is 3.32. The van der Waals surface area contributed by atoms with Crippen molar-refractivity contribution in [3.8, 4) is 11.1 Å². The number of carboxylic acids is 1. The number of carboxylic acid groups (broad SMARTS) is 1. The molecule has 2 aliphatic rings. The lowest BCUT2D eigenvalue weighted by atomic mass is 9.90. The Bertz CT molecular complexity index is 1050. The van der Waals surface area contributed by atoms with Crippen molar-refractivity contribution in [1.82, 2.24) is 10.2 Å². The number of nitrogens with zero attached hydrogens (tertiary/aromatic N) is 1. The molecule has 1 unspecified atom stereocenters. The normalized spacial score (nSPS) is 17.4. The maximum Gasteiger partial charge on any atom is 0.408 e. The zero-order chi connectivity index (χ0) is 25.0. The van der Waals surface area contributed by atoms with Gasteiger partial charge in [-0.1, -0.05) is 62.4 Å². The molecule has 1 heterocycles. The quantitative estimate of drug-likeness (QED) is 0.596. The lowest BCUT2D eigenvalue weighted by Crippen LogP contribution is -2.63. The van der Waals surface area contributed by atoms with Crippen LogP contribution in [-0.2, 0) is 19.1 Å². The SMILES string of the molecule is CCC(CC)(NC(=O)OCC1c2ccccc2-c2ccccc21)C(=O)N1CCOCC1CC(=O)O. The van der Waals surface area contributed by atoms with Gasteiger partial charge in [0.2, 0.25) is 5.91 Å². The minimum Gasteiger partial charge on any atom is -0.481 e. The number of carbonyl (C=O) groups is 3. The number of alkyl carbamates (subject to hydrolysis) is 1. The zero-order valence-electron chi connectivity index (χ0n) is 20.2. The summed E-state index contributed by atoms with van der Waals surface area (Å²) in [6.45, 7) is 4.58. The largest absolute Gasteiger partial charge is 0.481 e. The number of hydrogen-bond acceptors (Lipinski definition) is 5. The number of rotatable bonds is 8. The second-order valence-corrected chi connectivity index (χ2v) is 9.06. The summed E-state index contributed by atoms with van der Waals surface area (Å²) in [5.74, 6) is -1.38. The van der Waals surface area contributed by atoms with Gasteiger partial charge in [-0.2, -0.15) is 0 Å². The van der Waals surface area contributed by atoms with Gasteiger partial charge in [0, 0.05) is 12.5 Å². The standard InChI is InChI=1S/C27H32N2O6/c1-3-27(4-2,25(32)29-13-14-34-16-18(29)15-24(30)31)28-26(33)35-17-23-21-11-7-5-9-19(21)20-10-6-8-12-22(20)23/h5-12,18,23H,3-4,13-17H2,1-2H3,(H,28,33)(H,30,31). The van der Waals surface area contributed by atoms with E-state index in [1.165, 1.54) is 4.90 Å². The minimum absolute atomic E-state index is 0.0827. The van der Waals surface area contributed by atoms with Crippen LogP contribution >= 0.6 is 0 Å². The van der Waals surface area contributed by atoms with E-state index in [0.29, 0.717) is 19.4 Å². The molecule has 2 amide bonds. The van der Waals surface area contributed by atoms with Gasteiger partial charge in [-0.15, -0.1) is 0 Å². The minimum atomic E-state index is -1.18. The Kier molecular flexibility index (Phi) is 7.40. The van der Waals surface area contributed by atoms with Gasteiger partial charge in [0.15, 0.2) is 0 Å². The van der Waals surface area contributed by atoms with Crippen molar-refractivity contribution < 1.29 is 29.0 Å². The molecule has 0 radical (unpaired) electrons. The Hall–Kier alpha value is -3.39. The number of benzene rings is 2. The van der Waals surface area contributed by atoms with Crippen molar-refractivity contribution in [2.45, 2.75) is 50.6 Å². The van der Waals surface area contributed by atoms with E-state index in [0.717, 1.165) is 22.3 Å². The van der Waals surface area contributed by atoms with Crippen LogP contribution in [-0.4, -0.2) is 65.9 Å². The first kappa shape index (κ1) is 24.7. The molecule has 35 heavy (non-hydrogen) atoms. The lowest BCUT2D eigenvalue weighted by molar-refractivity contribution is -0.151. The molecule has 0 spiro atoms. The van der Waals surface area contributed by atoms with Crippen LogP contribution in [0.15, 0.2) is 48.5 Å². The highest BCUT2D eigenvalue weighted by molar-refractivity contribution is 5.90. The third kappa shape index (κ3) is 4.89. The highest BCUT2D eigenvalue weighted by Crippen LogP contribution is 2.44. The monoisotopic (exact) mass is 480 g/mol. The average molecular weight is 481 g/mol. The average Bonchev–Trinajstić information content (AvgIpc) is 3.19. The lowest BCUT2D eigenvalue weighted by Gasteiger charge is -2.41. The van der Waals surface area contributed by atoms with Gasteiger partial charge in [-0.3, -0.25) is 9.59 Å². The van der Waals surface area contributed by atoms with Crippen molar-refractivity contribution in [2.24, 2.45) is 0 Å². The third-order valence-corrected chi connectivity index (χ3v) is 7.20. The topological polar surface area (TPSA) is 105 Å². The van der Waals surface area contributed by atoms with E-state index < -0.39 is 23.6 Å². The zero-order valence-corrected chi connectivity index (χ0v) is 20.2. The van der Waals surface area contributed by atoms with Gasteiger partial charge in [0.1, 0.15) is 12.1 Å². The predicted molar refractivity (Wildman–Crippen MR) is 130 cm³/mol. The maximum atomic E-state index is 13.6. The van der Waals surface area contributed by atoms with E-state index in [-0.39, 0.29) is 38.0 Å². The summed E-state index contributed by atoms with van der Waals surface area (Å²) in [6, 6.07) is 15.6. The summed E-state index contributed by atoms with van der Waals surface area (Å²) in [7, 11) is 0. The first-order valence-electron chi connectivity index (χ1n) is 12.1. The second kappa shape index (κ2) is 10.5. The van der Waals surface area contributed by atoms with Gasteiger partial charge in [-0.05, 0) is 35.1 Å². The Morgan fingerprint density at radius 3 is 2.23 bits per heavy atom. The molecule has 1 aliphatic heterocycles. The number of amides is 2. The van der Waals surface area contributed by atoms with E-state index >= 15 is 0 Å². The van der Waals surface area contributed by atoms with Crippen molar-refractivity contribution in [3.05, 3.63) is 59.7 Å². The number of aliphatic carboxylic acids is 1. The molecule has 8 nitrogen and oxygen atoms in total. The number of morpholine rings is 1.